The van der Waals surface area contributed by atoms with Gasteiger partial charge in [0, 0.05) is 36.1 Å². The molecule has 0 bridgehead atoms. The molecule has 0 fully saturated rings. The van der Waals surface area contributed by atoms with E-state index >= 15 is 0 Å². The lowest BCUT2D eigenvalue weighted by atomic mass is 10.0. The Balaban J connectivity index is 1.68. The average molecular weight is 440 g/mol. The number of carbonyl (C=O) groups excluding carboxylic acids is 1. The number of pyridine rings is 2. The summed E-state index contributed by atoms with van der Waals surface area (Å²) in [7, 11) is 3.92. The van der Waals surface area contributed by atoms with Crippen LogP contribution in [0.1, 0.15) is 21.6 Å². The van der Waals surface area contributed by atoms with Crippen LogP contribution in [0.5, 0.6) is 0 Å². The quantitative estimate of drug-likeness (QED) is 0.482. The number of alkyl halides is 3. The van der Waals surface area contributed by atoms with Gasteiger partial charge in [-0.05, 0) is 55.6 Å². The molecule has 0 radical (unpaired) electrons. The van der Waals surface area contributed by atoms with E-state index in [4.69, 9.17) is 0 Å². The highest BCUT2D eigenvalue weighted by atomic mass is 19.4. The Morgan fingerprint density at radius 2 is 1.94 bits per heavy atom. The van der Waals surface area contributed by atoms with E-state index in [9.17, 15) is 18.0 Å². The molecule has 0 unspecified atom stereocenters. The van der Waals surface area contributed by atoms with Gasteiger partial charge in [-0.1, -0.05) is 6.07 Å². The number of hydrogen-bond donors (Lipinski definition) is 2. The van der Waals surface area contributed by atoms with Gasteiger partial charge in [0.2, 0.25) is 0 Å². The number of halogens is 3. The number of nitrogens with zero attached hydrogens (tertiary/aromatic N) is 4. The van der Waals surface area contributed by atoms with Gasteiger partial charge in [-0.2, -0.15) is 18.3 Å². The van der Waals surface area contributed by atoms with Crippen LogP contribution in [0.2, 0.25) is 0 Å². The van der Waals surface area contributed by atoms with Crippen molar-refractivity contribution in [3.8, 4) is 11.1 Å². The molecule has 0 aliphatic carbocycles. The molecule has 3 heterocycles. The third-order valence-electron chi connectivity index (χ3n) is 4.75. The Bertz CT molecular complexity index is 1280. The third-order valence-corrected chi connectivity index (χ3v) is 4.75. The predicted molar refractivity (Wildman–Crippen MR) is 114 cm³/mol. The van der Waals surface area contributed by atoms with Crippen molar-refractivity contribution in [2.24, 2.45) is 0 Å². The minimum atomic E-state index is -4.65. The summed E-state index contributed by atoms with van der Waals surface area (Å²) in [6.07, 6.45) is 0.0229. The fourth-order valence-corrected chi connectivity index (χ4v) is 3.36. The second-order valence-corrected chi connectivity index (χ2v) is 7.50. The van der Waals surface area contributed by atoms with E-state index in [0.717, 1.165) is 28.8 Å². The molecule has 10 heteroatoms. The van der Waals surface area contributed by atoms with Gasteiger partial charge in [0.25, 0.3) is 5.91 Å². The van der Waals surface area contributed by atoms with E-state index in [0.29, 0.717) is 17.4 Å². The Morgan fingerprint density at radius 1 is 1.12 bits per heavy atom. The molecule has 0 spiro atoms. The molecule has 0 aliphatic heterocycles. The number of anilines is 1. The van der Waals surface area contributed by atoms with Crippen LogP contribution in [0.25, 0.3) is 22.0 Å². The molecule has 0 saturated heterocycles. The number of aromatic amines is 1. The number of fused-ring (bicyclic) bond motifs is 1. The van der Waals surface area contributed by atoms with Gasteiger partial charge in [0.1, 0.15) is 5.82 Å². The van der Waals surface area contributed by atoms with Crippen molar-refractivity contribution in [2.75, 3.05) is 19.4 Å². The molecule has 7 nitrogen and oxygen atoms in total. The molecule has 4 rings (SSSR count). The summed E-state index contributed by atoms with van der Waals surface area (Å²) in [6, 6.07) is 9.39. The number of rotatable bonds is 5. The first-order valence-electron chi connectivity index (χ1n) is 9.63. The SMILES string of the molecule is CN(C)Cc1cncc(-c2ccc3[nH]nc(C(=O)Nc4ncccc4C(F)(F)F)c3c2)c1. The number of carbonyl (C=O) groups is 1. The number of aromatic nitrogens is 4. The molecule has 1 aromatic carbocycles. The highest BCUT2D eigenvalue weighted by Crippen LogP contribution is 2.34. The molecule has 32 heavy (non-hydrogen) atoms. The standard InChI is InChI=1S/C22H19F3N6O/c1-31(2)12-13-8-15(11-26-10-13)14-5-6-18-16(9-14)19(30-29-18)21(32)28-20-17(22(23,24)25)4-3-7-27-20/h3-11H,12H2,1-2H3,(H,29,30)(H,27,28,32). The molecule has 1 amide bonds. The summed E-state index contributed by atoms with van der Waals surface area (Å²) in [5, 5.41) is 9.45. The number of benzene rings is 1. The Kier molecular flexibility index (Phi) is 5.62. The summed E-state index contributed by atoms with van der Waals surface area (Å²) in [4.78, 5) is 22.8. The largest absolute Gasteiger partial charge is 0.419 e. The van der Waals surface area contributed by atoms with E-state index in [1.54, 1.807) is 24.5 Å². The number of H-pyrrole nitrogens is 1. The van der Waals surface area contributed by atoms with Gasteiger partial charge in [0.05, 0.1) is 11.1 Å². The lowest BCUT2D eigenvalue weighted by Gasteiger charge is -2.12. The normalized spacial score (nSPS) is 11.8. The molecule has 0 aliphatic rings. The van der Waals surface area contributed by atoms with Gasteiger partial charge in [-0.3, -0.25) is 14.9 Å². The van der Waals surface area contributed by atoms with Crippen molar-refractivity contribution in [3.63, 3.8) is 0 Å². The molecule has 2 N–H and O–H groups in total. The lowest BCUT2D eigenvalue weighted by Crippen LogP contribution is -2.18. The molecule has 0 atom stereocenters. The van der Waals surface area contributed by atoms with Crippen molar-refractivity contribution in [1.82, 2.24) is 25.1 Å². The number of nitrogens with one attached hydrogen (secondary N) is 2. The van der Waals surface area contributed by atoms with Crippen molar-refractivity contribution in [2.45, 2.75) is 12.7 Å². The van der Waals surface area contributed by atoms with Crippen LogP contribution in [0.15, 0.2) is 55.0 Å². The maximum atomic E-state index is 13.2. The van der Waals surface area contributed by atoms with E-state index in [-0.39, 0.29) is 5.69 Å². The fraction of sp³-hybridized carbons (Fsp3) is 0.182. The van der Waals surface area contributed by atoms with Gasteiger partial charge in [-0.15, -0.1) is 0 Å². The molecule has 3 aromatic heterocycles. The van der Waals surface area contributed by atoms with Crippen molar-refractivity contribution in [3.05, 3.63) is 71.8 Å². The second kappa shape index (κ2) is 8.39. The molecule has 4 aromatic rings. The molecular formula is C22H19F3N6O. The van der Waals surface area contributed by atoms with Gasteiger partial charge >= 0.3 is 6.18 Å². The minimum Gasteiger partial charge on any atom is -0.305 e. The average Bonchev–Trinajstić information content (AvgIpc) is 3.16. The number of hydrogen-bond acceptors (Lipinski definition) is 5. The summed E-state index contributed by atoms with van der Waals surface area (Å²) < 4.78 is 39.7. The minimum absolute atomic E-state index is 0.0296. The first-order valence-corrected chi connectivity index (χ1v) is 9.63. The van der Waals surface area contributed by atoms with E-state index in [2.05, 4.69) is 25.5 Å². The van der Waals surface area contributed by atoms with Gasteiger partial charge in [0.15, 0.2) is 5.69 Å². The predicted octanol–water partition coefficient (Wildman–Crippen LogP) is 4.35. The maximum Gasteiger partial charge on any atom is 0.419 e. The monoisotopic (exact) mass is 440 g/mol. The van der Waals surface area contributed by atoms with Crippen LogP contribution in [-0.2, 0) is 12.7 Å². The Labute approximate surface area is 181 Å². The van der Waals surface area contributed by atoms with E-state index in [1.807, 2.05) is 31.1 Å². The van der Waals surface area contributed by atoms with E-state index < -0.39 is 23.5 Å². The zero-order valence-electron chi connectivity index (χ0n) is 17.2. The van der Waals surface area contributed by atoms with Crippen LogP contribution < -0.4 is 5.32 Å². The molecule has 164 valence electrons. The van der Waals surface area contributed by atoms with Crippen LogP contribution in [0.3, 0.4) is 0 Å². The van der Waals surface area contributed by atoms with Crippen LogP contribution in [0.4, 0.5) is 19.0 Å². The smallest absolute Gasteiger partial charge is 0.305 e. The van der Waals surface area contributed by atoms with Crippen LogP contribution in [0, 0.1) is 0 Å². The highest BCUT2D eigenvalue weighted by molar-refractivity contribution is 6.11. The van der Waals surface area contributed by atoms with Crippen LogP contribution >= 0.6 is 0 Å². The Hall–Kier alpha value is -3.79. The summed E-state index contributed by atoms with van der Waals surface area (Å²) in [6.45, 7) is 0.716. The van der Waals surface area contributed by atoms with Crippen molar-refractivity contribution in [1.29, 1.82) is 0 Å². The summed E-state index contributed by atoms with van der Waals surface area (Å²) >= 11 is 0. The number of amides is 1. The fourth-order valence-electron chi connectivity index (χ4n) is 3.36. The van der Waals surface area contributed by atoms with Crippen molar-refractivity contribution < 1.29 is 18.0 Å². The Morgan fingerprint density at radius 3 is 2.69 bits per heavy atom. The van der Waals surface area contributed by atoms with Gasteiger partial charge < -0.3 is 10.2 Å². The first-order chi connectivity index (χ1) is 15.2. The van der Waals surface area contributed by atoms with E-state index in [1.165, 1.54) is 6.20 Å². The topological polar surface area (TPSA) is 86.8 Å². The zero-order valence-corrected chi connectivity index (χ0v) is 17.2. The zero-order chi connectivity index (χ0) is 22.9. The van der Waals surface area contributed by atoms with Crippen LogP contribution in [-0.4, -0.2) is 45.1 Å². The molecule has 0 saturated carbocycles. The summed E-state index contributed by atoms with van der Waals surface area (Å²) in [5.74, 6) is -1.37. The highest BCUT2D eigenvalue weighted by Gasteiger charge is 2.34. The second-order valence-electron chi connectivity index (χ2n) is 7.50. The third kappa shape index (κ3) is 4.45. The first kappa shape index (κ1) is 21.4. The molecular weight excluding hydrogens is 421 g/mol. The lowest BCUT2D eigenvalue weighted by molar-refractivity contribution is -0.137. The van der Waals surface area contributed by atoms with Gasteiger partial charge in [-0.25, -0.2) is 4.98 Å². The maximum absolute atomic E-state index is 13.2. The summed E-state index contributed by atoms with van der Waals surface area (Å²) in [5.41, 5.74) is 2.19. The van der Waals surface area contributed by atoms with Crippen molar-refractivity contribution >= 4 is 22.6 Å².